The van der Waals surface area contributed by atoms with Crippen molar-refractivity contribution in [3.05, 3.63) is 69.2 Å². The lowest BCUT2D eigenvalue weighted by Crippen LogP contribution is -2.23. The molecular weight excluding hydrogens is 508 g/mol. The number of hydrogen-bond acceptors (Lipinski definition) is 10. The molecule has 0 unspecified atom stereocenters. The summed E-state index contributed by atoms with van der Waals surface area (Å²) in [5, 5.41) is 25.3. The van der Waals surface area contributed by atoms with Crippen LogP contribution in [0.5, 0.6) is 0 Å². The van der Waals surface area contributed by atoms with Crippen LogP contribution in [0.1, 0.15) is 51.3 Å². The van der Waals surface area contributed by atoms with Crippen LogP contribution in [0.25, 0.3) is 0 Å². The van der Waals surface area contributed by atoms with Crippen molar-refractivity contribution in [1.29, 1.82) is 0 Å². The third-order valence-electron chi connectivity index (χ3n) is 6.08. The zero-order valence-corrected chi connectivity index (χ0v) is 22.1. The first kappa shape index (κ1) is 25.0. The summed E-state index contributed by atoms with van der Waals surface area (Å²) in [5.74, 6) is 0.505. The van der Waals surface area contributed by atoms with Gasteiger partial charge in [-0.3, -0.25) is 19.6 Å². The van der Waals surface area contributed by atoms with Crippen LogP contribution in [0.15, 0.2) is 36.7 Å². The molecule has 2 amide bonds. The van der Waals surface area contributed by atoms with Crippen molar-refractivity contribution in [2.24, 2.45) is 5.92 Å². The summed E-state index contributed by atoms with van der Waals surface area (Å²) >= 11 is 2.83. The van der Waals surface area contributed by atoms with Gasteiger partial charge in [0.2, 0.25) is 22.1 Å². The summed E-state index contributed by atoms with van der Waals surface area (Å²) in [7, 11) is 0. The molecule has 1 fully saturated rings. The van der Waals surface area contributed by atoms with E-state index in [1.54, 1.807) is 12.4 Å². The maximum absolute atomic E-state index is 12.3. The molecule has 1 aliphatic carbocycles. The Morgan fingerprint density at radius 1 is 0.811 bits per heavy atom. The minimum atomic E-state index is -0.156. The number of amides is 2. The van der Waals surface area contributed by atoms with Gasteiger partial charge in [0.25, 0.3) is 0 Å². The van der Waals surface area contributed by atoms with Crippen LogP contribution < -0.4 is 10.6 Å². The lowest BCUT2D eigenvalue weighted by molar-refractivity contribution is -0.116. The number of hydrogen-bond donors (Lipinski definition) is 2. The second kappa shape index (κ2) is 11.2. The lowest BCUT2D eigenvalue weighted by atomic mass is 9.74. The van der Waals surface area contributed by atoms with E-state index < -0.39 is 0 Å². The number of carbonyl (C=O) groups excluding carboxylic acids is 2. The average Bonchev–Trinajstić information content (AvgIpc) is 3.48. The molecule has 190 valence electrons. The molecule has 0 saturated heterocycles. The number of rotatable bonds is 9. The van der Waals surface area contributed by atoms with E-state index in [2.05, 4.69) is 41.0 Å². The van der Waals surface area contributed by atoms with E-state index in [-0.39, 0.29) is 24.7 Å². The largest absolute Gasteiger partial charge is 0.300 e. The molecule has 0 spiro atoms. The van der Waals surface area contributed by atoms with Gasteiger partial charge in [-0.2, -0.15) is 0 Å². The molecule has 37 heavy (non-hydrogen) atoms. The number of nitrogens with one attached hydrogen (secondary N) is 2. The van der Waals surface area contributed by atoms with Crippen LogP contribution in [0.2, 0.25) is 0 Å². The molecule has 4 heterocycles. The molecule has 0 aromatic carbocycles. The van der Waals surface area contributed by atoms with Crippen LogP contribution >= 0.6 is 22.7 Å². The molecular formula is C25H26N8O2S2. The lowest BCUT2D eigenvalue weighted by Gasteiger charge is -2.32. The van der Waals surface area contributed by atoms with Gasteiger partial charge in [-0.1, -0.05) is 34.8 Å². The van der Waals surface area contributed by atoms with E-state index in [9.17, 15) is 9.59 Å². The standard InChI is InChI=1S/C25H26N8O2S2/c1-14-3-5-18(26-12-14)10-20(34)28-24-32-30-22(36-24)9-16-7-17(8-16)23-31-33-25(37-23)29-21(35)11-19-6-4-15(2)13-27-19/h3-6,12-13,16-17H,7-11H2,1-2H3,(H,28,32,34)(H,29,33,35). The van der Waals surface area contributed by atoms with Gasteiger partial charge < -0.3 is 10.6 Å². The van der Waals surface area contributed by atoms with Gasteiger partial charge in [-0.15, -0.1) is 20.4 Å². The topological polar surface area (TPSA) is 136 Å². The van der Waals surface area contributed by atoms with Crippen molar-refractivity contribution >= 4 is 44.8 Å². The second-order valence-corrected chi connectivity index (χ2v) is 11.4. The summed E-state index contributed by atoms with van der Waals surface area (Å²) in [5.41, 5.74) is 3.55. The SMILES string of the molecule is Cc1ccc(CC(=O)Nc2nnc(CC3CC(c4nnc(NC(=O)Cc5ccc(C)cn5)s4)C3)s2)nc1. The maximum Gasteiger partial charge on any atom is 0.232 e. The van der Waals surface area contributed by atoms with E-state index in [4.69, 9.17) is 0 Å². The summed E-state index contributed by atoms with van der Waals surface area (Å²) in [6.07, 6.45) is 6.69. The Kier molecular flexibility index (Phi) is 7.56. The van der Waals surface area contributed by atoms with Gasteiger partial charge in [0.15, 0.2) is 0 Å². The highest BCUT2D eigenvalue weighted by Crippen LogP contribution is 2.44. The number of carbonyl (C=O) groups is 2. The molecule has 12 heteroatoms. The van der Waals surface area contributed by atoms with Crippen LogP contribution in [-0.2, 0) is 28.9 Å². The molecule has 0 radical (unpaired) electrons. The molecule has 0 bridgehead atoms. The first-order chi connectivity index (χ1) is 17.9. The van der Waals surface area contributed by atoms with Crippen molar-refractivity contribution in [2.75, 3.05) is 10.6 Å². The fraction of sp³-hybridized carbons (Fsp3) is 0.360. The summed E-state index contributed by atoms with van der Waals surface area (Å²) in [6.45, 7) is 3.92. The second-order valence-electron chi connectivity index (χ2n) is 9.29. The summed E-state index contributed by atoms with van der Waals surface area (Å²) in [6, 6.07) is 7.58. The molecule has 4 aromatic heterocycles. The third kappa shape index (κ3) is 6.77. The fourth-order valence-electron chi connectivity index (χ4n) is 4.05. The number of pyridine rings is 2. The first-order valence-corrected chi connectivity index (χ1v) is 13.6. The van der Waals surface area contributed by atoms with Crippen LogP contribution in [0, 0.1) is 19.8 Å². The van der Waals surface area contributed by atoms with Crippen molar-refractivity contribution < 1.29 is 9.59 Å². The smallest absolute Gasteiger partial charge is 0.232 e. The average molecular weight is 535 g/mol. The highest BCUT2D eigenvalue weighted by atomic mass is 32.1. The van der Waals surface area contributed by atoms with Gasteiger partial charge in [0.1, 0.15) is 10.0 Å². The Hall–Kier alpha value is -3.64. The van der Waals surface area contributed by atoms with Crippen LogP contribution in [0.3, 0.4) is 0 Å². The Morgan fingerprint density at radius 2 is 1.38 bits per heavy atom. The summed E-state index contributed by atoms with van der Waals surface area (Å²) in [4.78, 5) is 33.1. The summed E-state index contributed by atoms with van der Waals surface area (Å²) < 4.78 is 0. The Labute approximate surface area is 222 Å². The highest BCUT2D eigenvalue weighted by molar-refractivity contribution is 7.15. The predicted molar refractivity (Wildman–Crippen MR) is 142 cm³/mol. The molecule has 0 atom stereocenters. The van der Waals surface area contributed by atoms with Crippen LogP contribution in [0.4, 0.5) is 10.3 Å². The van der Waals surface area contributed by atoms with E-state index in [0.717, 1.165) is 51.8 Å². The minimum absolute atomic E-state index is 0.153. The van der Waals surface area contributed by atoms with Crippen LogP contribution in [-0.4, -0.2) is 42.2 Å². The van der Waals surface area contributed by atoms with Crippen molar-refractivity contribution in [3.8, 4) is 0 Å². The molecule has 2 N–H and O–H groups in total. The van der Waals surface area contributed by atoms with Crippen molar-refractivity contribution in [3.63, 3.8) is 0 Å². The Balaban J connectivity index is 1.05. The fourth-order valence-corrected chi connectivity index (χ4v) is 5.81. The first-order valence-electron chi connectivity index (χ1n) is 12.0. The highest BCUT2D eigenvalue weighted by Gasteiger charge is 2.34. The van der Waals surface area contributed by atoms with Crippen molar-refractivity contribution in [1.82, 2.24) is 30.4 Å². The van der Waals surface area contributed by atoms with E-state index in [1.165, 1.54) is 22.7 Å². The number of anilines is 2. The van der Waals surface area contributed by atoms with E-state index >= 15 is 0 Å². The normalized spacial score (nSPS) is 16.7. The molecule has 1 aliphatic rings. The van der Waals surface area contributed by atoms with Crippen molar-refractivity contribution in [2.45, 2.75) is 51.9 Å². The molecule has 4 aromatic rings. The third-order valence-corrected chi connectivity index (χ3v) is 7.94. The van der Waals surface area contributed by atoms with E-state index in [0.29, 0.717) is 22.1 Å². The quantitative estimate of drug-likeness (QED) is 0.330. The van der Waals surface area contributed by atoms with Gasteiger partial charge in [-0.05, 0) is 55.9 Å². The number of aromatic nitrogens is 6. The number of nitrogens with zero attached hydrogens (tertiary/aromatic N) is 6. The van der Waals surface area contributed by atoms with E-state index in [1.807, 2.05) is 38.1 Å². The number of aryl methyl sites for hydroxylation is 2. The molecule has 1 saturated carbocycles. The molecule has 0 aliphatic heterocycles. The minimum Gasteiger partial charge on any atom is -0.300 e. The Bertz CT molecular complexity index is 1380. The van der Waals surface area contributed by atoms with Gasteiger partial charge in [-0.25, -0.2) is 0 Å². The predicted octanol–water partition coefficient (Wildman–Crippen LogP) is 3.90. The van der Waals surface area contributed by atoms with Gasteiger partial charge in [0.05, 0.1) is 12.8 Å². The Morgan fingerprint density at radius 3 is 1.95 bits per heavy atom. The maximum atomic E-state index is 12.3. The molecule has 5 rings (SSSR count). The van der Waals surface area contributed by atoms with Gasteiger partial charge in [0, 0.05) is 36.1 Å². The zero-order chi connectivity index (χ0) is 25.8. The van der Waals surface area contributed by atoms with Gasteiger partial charge >= 0.3 is 0 Å². The molecule has 10 nitrogen and oxygen atoms in total. The monoisotopic (exact) mass is 534 g/mol. The zero-order valence-electron chi connectivity index (χ0n) is 20.5.